The Morgan fingerprint density at radius 3 is 2.23 bits per heavy atom. The molecule has 0 radical (unpaired) electrons. The minimum Gasteiger partial charge on any atom is -0.508 e. The van der Waals surface area contributed by atoms with E-state index in [9.17, 15) is 19.4 Å². The molecule has 5 rings (SSSR count). The minimum absolute atomic E-state index is 0.0320. The molecule has 176 valence electrons. The van der Waals surface area contributed by atoms with Gasteiger partial charge in [0, 0.05) is 5.69 Å². The molecule has 0 aromatic heterocycles. The van der Waals surface area contributed by atoms with Crippen LogP contribution in [0.2, 0.25) is 0 Å². The number of aromatic hydroxyl groups is 1. The van der Waals surface area contributed by atoms with Crippen LogP contribution >= 0.6 is 0 Å². The highest BCUT2D eigenvalue weighted by atomic mass is 19.1. The number of benzene rings is 4. The average Bonchev–Trinajstić information content (AvgIpc) is 2.88. The second-order valence-electron chi connectivity index (χ2n) is 8.91. The Balaban J connectivity index is 1.39. The van der Waals surface area contributed by atoms with Crippen LogP contribution in [0.25, 0.3) is 11.1 Å². The lowest BCUT2D eigenvalue weighted by Crippen LogP contribution is -2.55. The van der Waals surface area contributed by atoms with Crippen molar-refractivity contribution in [1.82, 2.24) is 0 Å². The van der Waals surface area contributed by atoms with Gasteiger partial charge >= 0.3 is 0 Å². The van der Waals surface area contributed by atoms with Gasteiger partial charge in [-0.15, -0.1) is 0 Å². The quantitative estimate of drug-likeness (QED) is 0.309. The monoisotopic (exact) mass is 467 g/mol. The number of halogens is 1. The maximum atomic E-state index is 13.2. The summed E-state index contributed by atoms with van der Waals surface area (Å²) in [5, 5.41) is 20.4. The predicted molar refractivity (Wildman–Crippen MR) is 134 cm³/mol. The number of rotatable bonds is 7. The summed E-state index contributed by atoms with van der Waals surface area (Å²) in [5.41, 5.74) is 4.39. The fourth-order valence-corrected chi connectivity index (χ4v) is 4.84. The molecule has 0 spiro atoms. The van der Waals surface area contributed by atoms with Gasteiger partial charge in [0.05, 0.1) is 18.1 Å². The van der Waals surface area contributed by atoms with Gasteiger partial charge in [-0.2, -0.15) is 0 Å². The van der Waals surface area contributed by atoms with Crippen molar-refractivity contribution in [3.8, 4) is 16.9 Å². The van der Waals surface area contributed by atoms with Crippen LogP contribution in [0.4, 0.5) is 10.1 Å². The lowest BCUT2D eigenvalue weighted by molar-refractivity contribution is -0.131. The lowest BCUT2D eigenvalue weighted by atomic mass is 9.78. The van der Waals surface area contributed by atoms with Gasteiger partial charge in [-0.25, -0.2) is 4.39 Å². The van der Waals surface area contributed by atoms with E-state index < -0.39 is 6.10 Å². The van der Waals surface area contributed by atoms with Gasteiger partial charge in [0.25, 0.3) is 0 Å². The van der Waals surface area contributed by atoms with Crippen LogP contribution in [0.3, 0.4) is 0 Å². The zero-order valence-corrected chi connectivity index (χ0v) is 19.1. The van der Waals surface area contributed by atoms with Crippen LogP contribution in [-0.2, 0) is 4.79 Å². The van der Waals surface area contributed by atoms with Crippen molar-refractivity contribution in [3.05, 3.63) is 120 Å². The van der Waals surface area contributed by atoms with Crippen molar-refractivity contribution in [2.75, 3.05) is 4.90 Å². The standard InChI is InChI=1S/C30H26FNO3/c31-24-15-13-21(14-16-24)28(34)18-17-27-29(32(30(27)35)25-6-2-1-3-7-25)22-11-9-20(10-12-22)23-5-4-8-26(33)19-23/h1-16,19,27-29,33-34H,17-18H2. The van der Waals surface area contributed by atoms with E-state index in [1.54, 1.807) is 24.3 Å². The molecule has 35 heavy (non-hydrogen) atoms. The van der Waals surface area contributed by atoms with E-state index >= 15 is 0 Å². The number of carbonyl (C=O) groups is 1. The molecule has 4 aromatic rings. The molecular weight excluding hydrogens is 441 g/mol. The van der Waals surface area contributed by atoms with Gasteiger partial charge < -0.3 is 15.1 Å². The molecule has 4 nitrogen and oxygen atoms in total. The number of para-hydroxylation sites is 1. The van der Waals surface area contributed by atoms with Crippen LogP contribution in [-0.4, -0.2) is 16.1 Å². The van der Waals surface area contributed by atoms with Gasteiger partial charge in [0.15, 0.2) is 0 Å². The van der Waals surface area contributed by atoms with Crippen molar-refractivity contribution in [2.24, 2.45) is 5.92 Å². The Morgan fingerprint density at radius 1 is 0.829 bits per heavy atom. The molecule has 1 amide bonds. The van der Waals surface area contributed by atoms with Gasteiger partial charge in [0.1, 0.15) is 11.6 Å². The van der Waals surface area contributed by atoms with Crippen molar-refractivity contribution in [1.29, 1.82) is 0 Å². The number of hydrogen-bond acceptors (Lipinski definition) is 3. The Bertz CT molecular complexity index is 1310. The molecule has 1 saturated heterocycles. The van der Waals surface area contributed by atoms with Crippen molar-refractivity contribution >= 4 is 11.6 Å². The third-order valence-corrected chi connectivity index (χ3v) is 6.69. The molecule has 2 N–H and O–H groups in total. The number of carbonyl (C=O) groups excluding carboxylic acids is 1. The second kappa shape index (κ2) is 9.72. The average molecular weight is 468 g/mol. The van der Waals surface area contributed by atoms with Crippen molar-refractivity contribution in [2.45, 2.75) is 25.0 Å². The van der Waals surface area contributed by atoms with Crippen LogP contribution in [0, 0.1) is 11.7 Å². The van der Waals surface area contributed by atoms with E-state index in [1.807, 2.05) is 71.6 Å². The second-order valence-corrected chi connectivity index (χ2v) is 8.91. The molecule has 4 aromatic carbocycles. The van der Waals surface area contributed by atoms with Crippen molar-refractivity contribution in [3.63, 3.8) is 0 Å². The van der Waals surface area contributed by atoms with Gasteiger partial charge in [0.2, 0.25) is 5.91 Å². The smallest absolute Gasteiger partial charge is 0.233 e. The Hall–Kier alpha value is -3.96. The number of aliphatic hydroxyl groups excluding tert-OH is 1. The number of nitrogens with zero attached hydrogens (tertiary/aromatic N) is 1. The Labute approximate surface area is 203 Å². The number of aliphatic hydroxyl groups is 1. The SMILES string of the molecule is O=C1C(CCC(O)c2ccc(F)cc2)C(c2ccc(-c3cccc(O)c3)cc2)N1c1ccccc1. The first kappa shape index (κ1) is 22.8. The number of phenols is 1. The first-order chi connectivity index (χ1) is 17.0. The summed E-state index contributed by atoms with van der Waals surface area (Å²) in [6, 6.07) is 30.4. The topological polar surface area (TPSA) is 60.8 Å². The summed E-state index contributed by atoms with van der Waals surface area (Å²) >= 11 is 0. The molecule has 0 aliphatic carbocycles. The van der Waals surface area contributed by atoms with E-state index in [4.69, 9.17) is 0 Å². The fourth-order valence-electron chi connectivity index (χ4n) is 4.84. The number of phenolic OH excluding ortho intramolecular Hbond substituents is 1. The molecule has 3 atom stereocenters. The van der Waals surface area contributed by atoms with Gasteiger partial charge in [-0.1, -0.05) is 66.7 Å². The fraction of sp³-hybridized carbons (Fsp3) is 0.167. The highest BCUT2D eigenvalue weighted by molar-refractivity contribution is 6.03. The zero-order chi connectivity index (χ0) is 24.4. The Kier molecular flexibility index (Phi) is 6.34. The number of amides is 1. The first-order valence-electron chi connectivity index (χ1n) is 11.7. The minimum atomic E-state index is -0.761. The summed E-state index contributed by atoms with van der Waals surface area (Å²) < 4.78 is 13.2. The number of anilines is 1. The van der Waals surface area contributed by atoms with E-state index in [2.05, 4.69) is 0 Å². The molecule has 1 aliphatic rings. The zero-order valence-electron chi connectivity index (χ0n) is 19.1. The first-order valence-corrected chi connectivity index (χ1v) is 11.7. The van der Waals surface area contributed by atoms with E-state index in [0.717, 1.165) is 22.4 Å². The van der Waals surface area contributed by atoms with Crippen molar-refractivity contribution < 1.29 is 19.4 Å². The van der Waals surface area contributed by atoms with Crippen LogP contribution in [0.5, 0.6) is 5.75 Å². The number of β-lactam (4-membered cyclic amide) rings is 1. The van der Waals surface area contributed by atoms with E-state index in [-0.39, 0.29) is 29.4 Å². The molecular formula is C30H26FNO3. The molecule has 1 aliphatic heterocycles. The van der Waals surface area contributed by atoms with Crippen LogP contribution in [0.15, 0.2) is 103 Å². The molecule has 0 bridgehead atoms. The highest BCUT2D eigenvalue weighted by Crippen LogP contribution is 2.46. The van der Waals surface area contributed by atoms with E-state index in [0.29, 0.717) is 18.4 Å². The summed E-state index contributed by atoms with van der Waals surface area (Å²) in [4.78, 5) is 15.1. The maximum Gasteiger partial charge on any atom is 0.233 e. The molecule has 1 heterocycles. The lowest BCUT2D eigenvalue weighted by Gasteiger charge is -2.48. The molecule has 5 heteroatoms. The molecule has 3 unspecified atom stereocenters. The summed E-state index contributed by atoms with van der Waals surface area (Å²) in [7, 11) is 0. The summed E-state index contributed by atoms with van der Waals surface area (Å²) in [6.07, 6.45) is 0.158. The van der Waals surface area contributed by atoms with Crippen LogP contribution < -0.4 is 4.90 Å². The molecule has 1 fully saturated rings. The number of hydrogen-bond donors (Lipinski definition) is 2. The molecule has 0 saturated carbocycles. The Morgan fingerprint density at radius 2 is 1.54 bits per heavy atom. The van der Waals surface area contributed by atoms with E-state index in [1.165, 1.54) is 12.1 Å². The highest BCUT2D eigenvalue weighted by Gasteiger charge is 2.48. The summed E-state index contributed by atoms with van der Waals surface area (Å²) in [6.45, 7) is 0. The summed E-state index contributed by atoms with van der Waals surface area (Å²) in [5.74, 6) is -0.365. The third-order valence-electron chi connectivity index (χ3n) is 6.69. The maximum absolute atomic E-state index is 13.2. The van der Waals surface area contributed by atoms with Gasteiger partial charge in [-0.3, -0.25) is 4.79 Å². The third kappa shape index (κ3) is 4.68. The van der Waals surface area contributed by atoms with Gasteiger partial charge in [-0.05, 0) is 71.5 Å². The predicted octanol–water partition coefficient (Wildman–Crippen LogP) is 6.42. The largest absolute Gasteiger partial charge is 0.508 e. The van der Waals surface area contributed by atoms with Crippen LogP contribution in [0.1, 0.15) is 36.1 Å². The normalized spacial score (nSPS) is 18.2.